The summed E-state index contributed by atoms with van der Waals surface area (Å²) in [5.41, 5.74) is 0.840. The summed E-state index contributed by atoms with van der Waals surface area (Å²) < 4.78 is 19.2. The Morgan fingerprint density at radius 2 is 2.22 bits per heavy atom. The number of halogens is 1. The molecule has 0 aromatic heterocycles. The van der Waals surface area contributed by atoms with Crippen molar-refractivity contribution in [3.8, 4) is 5.75 Å². The number of rotatable bonds is 3. The molecule has 3 nitrogen and oxygen atoms in total. The van der Waals surface area contributed by atoms with E-state index in [-0.39, 0.29) is 23.6 Å². The number of aryl methyl sites for hydroxylation is 1. The van der Waals surface area contributed by atoms with Crippen LogP contribution in [0.25, 0.3) is 0 Å². The van der Waals surface area contributed by atoms with Gasteiger partial charge in [0.15, 0.2) is 11.6 Å². The van der Waals surface area contributed by atoms with E-state index in [0.717, 1.165) is 18.4 Å². The molecule has 98 valence electrons. The molecule has 2 rings (SSSR count). The number of ether oxygens (including phenoxy) is 1. The first kappa shape index (κ1) is 12.9. The van der Waals surface area contributed by atoms with Crippen LogP contribution in [0.15, 0.2) is 18.2 Å². The summed E-state index contributed by atoms with van der Waals surface area (Å²) >= 11 is 0. The first-order valence-corrected chi connectivity index (χ1v) is 6.22. The van der Waals surface area contributed by atoms with E-state index in [1.807, 2.05) is 6.92 Å². The molecule has 1 aliphatic rings. The number of hydrogen-bond donors (Lipinski definition) is 1. The zero-order valence-electron chi connectivity index (χ0n) is 10.4. The average Bonchev–Trinajstić information content (AvgIpc) is 2.33. The Labute approximate surface area is 106 Å². The molecule has 0 spiro atoms. The average molecular weight is 252 g/mol. The molecule has 0 unspecified atom stereocenters. The normalized spacial score (nSPS) is 23.7. The first-order chi connectivity index (χ1) is 8.56. The lowest BCUT2D eigenvalue weighted by molar-refractivity contribution is -0.143. The van der Waals surface area contributed by atoms with Crippen LogP contribution in [0.3, 0.4) is 0 Å². The fourth-order valence-corrected chi connectivity index (χ4v) is 2.36. The van der Waals surface area contributed by atoms with Crippen molar-refractivity contribution in [2.75, 3.05) is 0 Å². The molecule has 1 saturated carbocycles. The summed E-state index contributed by atoms with van der Waals surface area (Å²) in [6.45, 7) is 1.81. The Hall–Kier alpha value is -1.58. The molecule has 1 aromatic rings. The van der Waals surface area contributed by atoms with Gasteiger partial charge in [-0.3, -0.25) is 4.79 Å². The lowest BCUT2D eigenvalue weighted by Crippen LogP contribution is -2.29. The van der Waals surface area contributed by atoms with Crippen molar-refractivity contribution in [3.05, 3.63) is 29.6 Å². The lowest BCUT2D eigenvalue weighted by atomic mass is 9.87. The second-order valence-electron chi connectivity index (χ2n) is 4.88. The van der Waals surface area contributed by atoms with Crippen molar-refractivity contribution >= 4 is 5.97 Å². The third kappa shape index (κ3) is 3.00. The summed E-state index contributed by atoms with van der Waals surface area (Å²) in [5, 5.41) is 8.98. The van der Waals surface area contributed by atoms with Crippen molar-refractivity contribution in [1.82, 2.24) is 0 Å². The molecule has 2 atom stereocenters. The maximum Gasteiger partial charge on any atom is 0.306 e. The smallest absolute Gasteiger partial charge is 0.306 e. The van der Waals surface area contributed by atoms with Crippen molar-refractivity contribution < 1.29 is 19.0 Å². The maximum atomic E-state index is 13.6. The fraction of sp³-hybridized carbons (Fsp3) is 0.500. The quantitative estimate of drug-likeness (QED) is 0.898. The molecule has 1 aliphatic carbocycles. The van der Waals surface area contributed by atoms with E-state index in [1.165, 1.54) is 6.07 Å². The van der Waals surface area contributed by atoms with E-state index in [2.05, 4.69) is 0 Å². The van der Waals surface area contributed by atoms with E-state index >= 15 is 0 Å². The monoisotopic (exact) mass is 252 g/mol. The highest BCUT2D eigenvalue weighted by Crippen LogP contribution is 2.29. The summed E-state index contributed by atoms with van der Waals surface area (Å²) in [4.78, 5) is 10.9. The van der Waals surface area contributed by atoms with Crippen LogP contribution in [0.5, 0.6) is 5.75 Å². The highest BCUT2D eigenvalue weighted by molar-refractivity contribution is 5.70. The molecule has 0 bridgehead atoms. The number of carboxylic acid groups (broad SMARTS) is 1. The predicted molar refractivity (Wildman–Crippen MR) is 65.1 cm³/mol. The van der Waals surface area contributed by atoms with Crippen molar-refractivity contribution in [2.45, 2.75) is 38.7 Å². The van der Waals surface area contributed by atoms with Crippen LogP contribution < -0.4 is 4.74 Å². The molecule has 1 aromatic carbocycles. The number of aliphatic carboxylic acids is 1. The molecular formula is C14H17FO3. The molecule has 0 amide bonds. The Balaban J connectivity index is 2.02. The van der Waals surface area contributed by atoms with Gasteiger partial charge in [0, 0.05) is 0 Å². The second kappa shape index (κ2) is 5.38. The molecule has 4 heteroatoms. The van der Waals surface area contributed by atoms with E-state index in [9.17, 15) is 9.18 Å². The number of hydrogen-bond acceptors (Lipinski definition) is 2. The van der Waals surface area contributed by atoms with Crippen LogP contribution >= 0.6 is 0 Å². The van der Waals surface area contributed by atoms with Crippen molar-refractivity contribution in [3.63, 3.8) is 0 Å². The van der Waals surface area contributed by atoms with Gasteiger partial charge in [-0.1, -0.05) is 6.07 Å². The van der Waals surface area contributed by atoms with Crippen LogP contribution in [0, 0.1) is 18.7 Å². The van der Waals surface area contributed by atoms with E-state index < -0.39 is 5.97 Å². The number of carbonyl (C=O) groups is 1. The zero-order chi connectivity index (χ0) is 13.1. The van der Waals surface area contributed by atoms with Crippen LogP contribution in [0.2, 0.25) is 0 Å². The van der Waals surface area contributed by atoms with Gasteiger partial charge in [0.1, 0.15) is 0 Å². The minimum Gasteiger partial charge on any atom is -0.487 e. The lowest BCUT2D eigenvalue weighted by Gasteiger charge is -2.27. The minimum atomic E-state index is -0.785. The van der Waals surface area contributed by atoms with Gasteiger partial charge in [-0.25, -0.2) is 4.39 Å². The first-order valence-electron chi connectivity index (χ1n) is 6.22. The van der Waals surface area contributed by atoms with Gasteiger partial charge in [-0.05, 0) is 50.3 Å². The Bertz CT molecular complexity index is 445. The minimum absolute atomic E-state index is 0.197. The van der Waals surface area contributed by atoms with Gasteiger partial charge in [0.25, 0.3) is 0 Å². The zero-order valence-corrected chi connectivity index (χ0v) is 10.4. The Morgan fingerprint density at radius 3 is 2.89 bits per heavy atom. The van der Waals surface area contributed by atoms with Gasteiger partial charge in [-0.15, -0.1) is 0 Å². The SMILES string of the molecule is Cc1ccc(O[C@H]2CCC[C@H](C(=O)O)C2)c(F)c1. The van der Waals surface area contributed by atoms with Crippen LogP contribution in [-0.4, -0.2) is 17.2 Å². The molecule has 1 N–H and O–H groups in total. The van der Waals surface area contributed by atoms with Gasteiger partial charge >= 0.3 is 5.97 Å². The molecule has 0 heterocycles. The Kier molecular flexibility index (Phi) is 3.84. The largest absolute Gasteiger partial charge is 0.487 e. The Morgan fingerprint density at radius 1 is 1.44 bits per heavy atom. The predicted octanol–water partition coefficient (Wildman–Crippen LogP) is 3.16. The topological polar surface area (TPSA) is 46.5 Å². The number of benzene rings is 1. The standard InChI is InChI=1S/C14H17FO3/c1-9-5-6-13(12(15)7-9)18-11-4-2-3-10(8-11)14(16)17/h5-7,10-11H,2-4,8H2,1H3,(H,16,17)/t10-,11-/m0/s1. The summed E-state index contributed by atoms with van der Waals surface area (Å²) in [6, 6.07) is 4.82. The molecule has 18 heavy (non-hydrogen) atoms. The second-order valence-corrected chi connectivity index (χ2v) is 4.88. The molecule has 1 fully saturated rings. The molecule has 0 saturated heterocycles. The van der Waals surface area contributed by atoms with Gasteiger partial charge in [0.2, 0.25) is 0 Å². The van der Waals surface area contributed by atoms with Crippen LogP contribution in [-0.2, 0) is 4.79 Å². The highest BCUT2D eigenvalue weighted by Gasteiger charge is 2.28. The third-order valence-corrected chi connectivity index (χ3v) is 3.36. The fourth-order valence-electron chi connectivity index (χ4n) is 2.36. The molecular weight excluding hydrogens is 235 g/mol. The molecule has 0 radical (unpaired) electrons. The summed E-state index contributed by atoms with van der Waals surface area (Å²) in [7, 11) is 0. The number of carboxylic acids is 1. The van der Waals surface area contributed by atoms with Crippen molar-refractivity contribution in [2.24, 2.45) is 5.92 Å². The van der Waals surface area contributed by atoms with Gasteiger partial charge < -0.3 is 9.84 Å². The summed E-state index contributed by atoms with van der Waals surface area (Å²) in [5.74, 6) is -1.31. The van der Waals surface area contributed by atoms with Crippen LogP contribution in [0.1, 0.15) is 31.2 Å². The third-order valence-electron chi connectivity index (χ3n) is 3.36. The highest BCUT2D eigenvalue weighted by atomic mass is 19.1. The molecule has 0 aliphatic heterocycles. The van der Waals surface area contributed by atoms with Crippen LogP contribution in [0.4, 0.5) is 4.39 Å². The van der Waals surface area contributed by atoms with Gasteiger partial charge in [0.05, 0.1) is 12.0 Å². The summed E-state index contributed by atoms with van der Waals surface area (Å²) in [6.07, 6.45) is 2.55. The van der Waals surface area contributed by atoms with E-state index in [0.29, 0.717) is 12.8 Å². The van der Waals surface area contributed by atoms with Crippen molar-refractivity contribution in [1.29, 1.82) is 0 Å². The van der Waals surface area contributed by atoms with E-state index in [4.69, 9.17) is 9.84 Å². The van der Waals surface area contributed by atoms with E-state index in [1.54, 1.807) is 12.1 Å². The maximum absolute atomic E-state index is 13.6. The van der Waals surface area contributed by atoms with Gasteiger partial charge in [-0.2, -0.15) is 0 Å².